The van der Waals surface area contributed by atoms with Gasteiger partial charge in [0, 0.05) is 0 Å². The van der Waals surface area contributed by atoms with Crippen molar-refractivity contribution in [3.63, 3.8) is 0 Å². The first-order chi connectivity index (χ1) is 6.06. The first-order valence-electron chi connectivity index (χ1n) is 4.21. The summed E-state index contributed by atoms with van der Waals surface area (Å²) in [6, 6.07) is 0. The molecule has 0 aliphatic carbocycles. The van der Waals surface area contributed by atoms with Gasteiger partial charge in [-0.3, -0.25) is 0 Å². The average Bonchev–Trinajstić information content (AvgIpc) is 2.49. The highest BCUT2D eigenvalue weighted by Crippen LogP contribution is 2.11. The van der Waals surface area contributed by atoms with Crippen molar-refractivity contribution in [1.82, 2.24) is 4.98 Å². The van der Waals surface area contributed by atoms with E-state index in [2.05, 4.69) is 4.98 Å². The Kier molecular flexibility index (Phi) is 3.08. The standard InChI is InChI=1S/C8H13NO3S/c1-3-4-5-13(10,11)8-9-7(2)6-12-8/h6H,3-5H2,1-2H3. The van der Waals surface area contributed by atoms with Gasteiger partial charge in [-0.1, -0.05) is 13.3 Å². The molecule has 1 aromatic heterocycles. The fourth-order valence-corrected chi connectivity index (χ4v) is 2.22. The number of nitrogens with zero attached hydrogens (tertiary/aromatic N) is 1. The number of hydrogen-bond acceptors (Lipinski definition) is 4. The summed E-state index contributed by atoms with van der Waals surface area (Å²) in [5.41, 5.74) is 0.593. The first-order valence-corrected chi connectivity index (χ1v) is 5.86. The first kappa shape index (κ1) is 10.2. The van der Waals surface area contributed by atoms with Crippen molar-refractivity contribution in [3.8, 4) is 0 Å². The van der Waals surface area contributed by atoms with Gasteiger partial charge in [0.15, 0.2) is 0 Å². The van der Waals surface area contributed by atoms with Crippen LogP contribution in [-0.2, 0) is 9.84 Å². The topological polar surface area (TPSA) is 60.2 Å². The van der Waals surface area contributed by atoms with Gasteiger partial charge >= 0.3 is 5.22 Å². The van der Waals surface area contributed by atoms with Crippen molar-refractivity contribution in [1.29, 1.82) is 0 Å². The number of rotatable bonds is 4. The molecule has 0 N–H and O–H groups in total. The summed E-state index contributed by atoms with van der Waals surface area (Å²) in [4.78, 5) is 3.78. The molecule has 74 valence electrons. The zero-order valence-electron chi connectivity index (χ0n) is 7.78. The summed E-state index contributed by atoms with van der Waals surface area (Å²) in [5.74, 6) is 0.115. The van der Waals surface area contributed by atoms with Crippen LogP contribution in [0.5, 0.6) is 0 Å². The third kappa shape index (κ3) is 2.55. The van der Waals surface area contributed by atoms with Crippen LogP contribution in [0.2, 0.25) is 0 Å². The average molecular weight is 203 g/mol. The zero-order chi connectivity index (χ0) is 9.90. The number of hydrogen-bond donors (Lipinski definition) is 0. The Hall–Kier alpha value is -0.840. The SMILES string of the molecule is CCCCS(=O)(=O)c1nc(C)co1. The molecule has 0 spiro atoms. The van der Waals surface area contributed by atoms with Crippen molar-refractivity contribution in [3.05, 3.63) is 12.0 Å². The van der Waals surface area contributed by atoms with Crippen LogP contribution in [-0.4, -0.2) is 19.2 Å². The smallest absolute Gasteiger partial charge is 0.315 e. The molecule has 0 saturated heterocycles. The van der Waals surface area contributed by atoms with Crippen LogP contribution < -0.4 is 0 Å². The van der Waals surface area contributed by atoms with Crippen LogP contribution in [0.1, 0.15) is 25.5 Å². The molecule has 0 aromatic carbocycles. The molecule has 0 amide bonds. The van der Waals surface area contributed by atoms with Crippen LogP contribution in [0.3, 0.4) is 0 Å². The van der Waals surface area contributed by atoms with E-state index in [0.717, 1.165) is 6.42 Å². The number of sulfone groups is 1. The normalized spacial score (nSPS) is 11.8. The lowest BCUT2D eigenvalue weighted by Crippen LogP contribution is -2.06. The fourth-order valence-electron chi connectivity index (χ4n) is 0.897. The minimum atomic E-state index is -3.28. The lowest BCUT2D eigenvalue weighted by molar-refractivity contribution is 0.429. The highest BCUT2D eigenvalue weighted by atomic mass is 32.2. The molecule has 1 aromatic rings. The zero-order valence-corrected chi connectivity index (χ0v) is 8.60. The quantitative estimate of drug-likeness (QED) is 0.745. The van der Waals surface area contributed by atoms with E-state index < -0.39 is 9.84 Å². The van der Waals surface area contributed by atoms with E-state index in [1.807, 2.05) is 6.92 Å². The molecule has 0 atom stereocenters. The Morgan fingerprint density at radius 2 is 2.23 bits per heavy atom. The van der Waals surface area contributed by atoms with E-state index in [4.69, 9.17) is 4.42 Å². The maximum atomic E-state index is 11.4. The third-order valence-corrected chi connectivity index (χ3v) is 3.18. The Morgan fingerprint density at radius 3 is 2.69 bits per heavy atom. The Labute approximate surface area is 77.9 Å². The van der Waals surface area contributed by atoms with Crippen LogP contribution >= 0.6 is 0 Å². The number of aromatic nitrogens is 1. The fraction of sp³-hybridized carbons (Fsp3) is 0.625. The molecule has 4 nitrogen and oxygen atoms in total. The van der Waals surface area contributed by atoms with Gasteiger partial charge in [-0.05, 0) is 13.3 Å². The van der Waals surface area contributed by atoms with Crippen molar-refractivity contribution in [2.75, 3.05) is 5.75 Å². The highest BCUT2D eigenvalue weighted by molar-refractivity contribution is 7.91. The van der Waals surface area contributed by atoms with Crippen molar-refractivity contribution >= 4 is 9.84 Å². The summed E-state index contributed by atoms with van der Waals surface area (Å²) in [5, 5.41) is -0.154. The molecule has 1 heterocycles. The summed E-state index contributed by atoms with van der Waals surface area (Å²) in [6.45, 7) is 3.64. The van der Waals surface area contributed by atoms with E-state index in [9.17, 15) is 8.42 Å². The van der Waals surface area contributed by atoms with Crippen molar-refractivity contribution in [2.45, 2.75) is 31.9 Å². The predicted octanol–water partition coefficient (Wildman–Crippen LogP) is 1.56. The van der Waals surface area contributed by atoms with E-state index in [0.29, 0.717) is 12.1 Å². The van der Waals surface area contributed by atoms with Gasteiger partial charge in [0.1, 0.15) is 6.26 Å². The minimum absolute atomic E-state index is 0.115. The molecule has 0 saturated carbocycles. The Balaban J connectivity index is 2.82. The molecule has 5 heteroatoms. The second-order valence-corrected chi connectivity index (χ2v) is 4.91. The maximum absolute atomic E-state index is 11.4. The maximum Gasteiger partial charge on any atom is 0.315 e. The van der Waals surface area contributed by atoms with Crippen LogP contribution in [0.15, 0.2) is 15.9 Å². The predicted molar refractivity (Wildman–Crippen MR) is 48.2 cm³/mol. The summed E-state index contributed by atoms with van der Waals surface area (Å²) in [6.07, 6.45) is 2.83. The van der Waals surface area contributed by atoms with Gasteiger partial charge in [0.05, 0.1) is 11.4 Å². The van der Waals surface area contributed by atoms with Crippen molar-refractivity contribution in [2.24, 2.45) is 0 Å². The summed E-state index contributed by atoms with van der Waals surface area (Å²) >= 11 is 0. The molecule has 0 aliphatic heterocycles. The highest BCUT2D eigenvalue weighted by Gasteiger charge is 2.19. The Morgan fingerprint density at radius 1 is 1.54 bits per heavy atom. The molecule has 0 unspecified atom stereocenters. The molecular formula is C8H13NO3S. The van der Waals surface area contributed by atoms with E-state index in [1.165, 1.54) is 6.26 Å². The van der Waals surface area contributed by atoms with E-state index in [-0.39, 0.29) is 11.0 Å². The third-order valence-electron chi connectivity index (χ3n) is 1.63. The molecule has 13 heavy (non-hydrogen) atoms. The monoisotopic (exact) mass is 203 g/mol. The van der Waals surface area contributed by atoms with Gasteiger partial charge in [0.25, 0.3) is 0 Å². The molecular weight excluding hydrogens is 190 g/mol. The molecule has 0 fully saturated rings. The van der Waals surface area contributed by atoms with Gasteiger partial charge in [0.2, 0.25) is 9.84 Å². The molecule has 1 rings (SSSR count). The van der Waals surface area contributed by atoms with Crippen LogP contribution in [0.4, 0.5) is 0 Å². The van der Waals surface area contributed by atoms with Gasteiger partial charge < -0.3 is 4.42 Å². The summed E-state index contributed by atoms with van der Waals surface area (Å²) < 4.78 is 27.7. The number of aryl methyl sites for hydroxylation is 1. The number of oxazole rings is 1. The van der Waals surface area contributed by atoms with Gasteiger partial charge in [-0.2, -0.15) is 0 Å². The minimum Gasteiger partial charge on any atom is -0.436 e. The van der Waals surface area contributed by atoms with Crippen LogP contribution in [0, 0.1) is 6.92 Å². The second kappa shape index (κ2) is 3.91. The lowest BCUT2D eigenvalue weighted by Gasteiger charge is -1.96. The van der Waals surface area contributed by atoms with Gasteiger partial charge in [-0.25, -0.2) is 13.4 Å². The van der Waals surface area contributed by atoms with Crippen molar-refractivity contribution < 1.29 is 12.8 Å². The second-order valence-electron chi connectivity index (χ2n) is 2.93. The number of unbranched alkanes of at least 4 members (excludes halogenated alkanes) is 1. The molecule has 0 aliphatic rings. The molecule has 0 bridgehead atoms. The lowest BCUT2D eigenvalue weighted by atomic mass is 10.4. The van der Waals surface area contributed by atoms with E-state index >= 15 is 0 Å². The molecule has 0 radical (unpaired) electrons. The van der Waals surface area contributed by atoms with E-state index in [1.54, 1.807) is 6.92 Å². The summed E-state index contributed by atoms with van der Waals surface area (Å²) in [7, 11) is -3.28. The van der Waals surface area contributed by atoms with Crippen LogP contribution in [0.25, 0.3) is 0 Å². The van der Waals surface area contributed by atoms with Gasteiger partial charge in [-0.15, -0.1) is 0 Å². The Bertz CT molecular complexity index is 366. The largest absolute Gasteiger partial charge is 0.436 e.